The second-order valence-electron chi connectivity index (χ2n) is 5.92. The smallest absolute Gasteiger partial charge is 0.135 e. The molecule has 2 aliphatic heterocycles. The molecule has 1 fully saturated rings. The molecule has 0 saturated carbocycles. The van der Waals surface area contributed by atoms with Crippen molar-refractivity contribution in [1.82, 2.24) is 4.90 Å². The summed E-state index contributed by atoms with van der Waals surface area (Å²) in [5.41, 5.74) is 2.31. The third kappa shape index (κ3) is 3.05. The van der Waals surface area contributed by atoms with E-state index in [0.29, 0.717) is 0 Å². The average Bonchev–Trinajstić information content (AvgIpc) is 3.08. The summed E-state index contributed by atoms with van der Waals surface area (Å²) >= 11 is 2.37. The third-order valence-electron chi connectivity index (χ3n) is 4.47. The van der Waals surface area contributed by atoms with Crippen LogP contribution in [-0.4, -0.2) is 37.4 Å². The molecule has 6 heteroatoms. The zero-order valence-electron chi connectivity index (χ0n) is 13.3. The lowest BCUT2D eigenvalue weighted by molar-refractivity contribution is 0.0140. The number of para-hydroxylation sites is 1. The Morgan fingerprint density at radius 3 is 2.42 bits per heavy atom. The maximum atomic E-state index is 5.54. The van der Waals surface area contributed by atoms with Gasteiger partial charge in [-0.25, -0.2) is 5.01 Å². The molecular formula is C18H19IN4O. The minimum Gasteiger partial charge on any atom is -0.379 e. The number of nitrogens with zero attached hydrogens (tertiary/aromatic N) is 4. The van der Waals surface area contributed by atoms with Gasteiger partial charge in [0.1, 0.15) is 12.2 Å². The zero-order valence-corrected chi connectivity index (χ0v) is 15.4. The summed E-state index contributed by atoms with van der Waals surface area (Å²) in [5.74, 6) is 0. The number of rotatable bonds is 3. The highest BCUT2D eigenvalue weighted by Crippen LogP contribution is 2.38. The molecule has 2 heterocycles. The molecule has 124 valence electrons. The van der Waals surface area contributed by atoms with E-state index >= 15 is 0 Å². The minimum absolute atomic E-state index is 0.0142. The van der Waals surface area contributed by atoms with Crippen LogP contribution < -0.4 is 5.01 Å². The number of hydrogen-bond donors (Lipinski definition) is 0. The monoisotopic (exact) mass is 434 g/mol. The molecule has 0 bridgehead atoms. The van der Waals surface area contributed by atoms with Crippen LogP contribution in [-0.2, 0) is 4.74 Å². The largest absolute Gasteiger partial charge is 0.379 e. The lowest BCUT2D eigenvalue weighted by Gasteiger charge is -2.38. The molecule has 0 unspecified atom stereocenters. The Morgan fingerprint density at radius 1 is 0.958 bits per heavy atom. The lowest BCUT2D eigenvalue weighted by Crippen LogP contribution is -2.51. The topological polar surface area (TPSA) is 40.4 Å². The van der Waals surface area contributed by atoms with Crippen LogP contribution in [0.1, 0.15) is 11.6 Å². The van der Waals surface area contributed by atoms with E-state index in [1.165, 1.54) is 9.13 Å². The third-order valence-corrected chi connectivity index (χ3v) is 5.38. The zero-order chi connectivity index (χ0) is 16.4. The van der Waals surface area contributed by atoms with E-state index in [0.717, 1.165) is 32.0 Å². The number of halogens is 1. The summed E-state index contributed by atoms with van der Waals surface area (Å²) in [7, 11) is 0. The van der Waals surface area contributed by atoms with E-state index in [1.807, 2.05) is 6.07 Å². The Morgan fingerprint density at radius 2 is 1.67 bits per heavy atom. The molecule has 0 N–H and O–H groups in total. The molecule has 1 saturated heterocycles. The molecule has 2 aromatic carbocycles. The van der Waals surface area contributed by atoms with Crippen molar-refractivity contribution in [2.45, 2.75) is 12.2 Å². The second kappa shape index (κ2) is 7.16. The van der Waals surface area contributed by atoms with Gasteiger partial charge in [0, 0.05) is 16.7 Å². The fourth-order valence-corrected chi connectivity index (χ4v) is 3.91. The van der Waals surface area contributed by atoms with Gasteiger partial charge in [0.2, 0.25) is 0 Å². The van der Waals surface area contributed by atoms with Crippen LogP contribution in [0.15, 0.2) is 64.9 Å². The molecular weight excluding hydrogens is 415 g/mol. The van der Waals surface area contributed by atoms with Crippen LogP contribution in [0.4, 0.5) is 5.69 Å². The molecule has 0 amide bonds. The molecule has 2 aliphatic rings. The molecule has 0 spiro atoms. The molecule has 2 atom stereocenters. The summed E-state index contributed by atoms with van der Waals surface area (Å²) in [6.45, 7) is 3.33. The number of anilines is 1. The van der Waals surface area contributed by atoms with Crippen molar-refractivity contribution >= 4 is 28.3 Å². The summed E-state index contributed by atoms with van der Waals surface area (Å²) in [5, 5.41) is 11.3. The van der Waals surface area contributed by atoms with Gasteiger partial charge >= 0.3 is 0 Å². The Balaban J connectivity index is 1.71. The van der Waals surface area contributed by atoms with Crippen LogP contribution in [0.25, 0.3) is 0 Å². The van der Waals surface area contributed by atoms with Gasteiger partial charge in [-0.2, -0.15) is 5.11 Å². The van der Waals surface area contributed by atoms with E-state index < -0.39 is 0 Å². The highest BCUT2D eigenvalue weighted by Gasteiger charge is 2.40. The number of morpholine rings is 1. The van der Waals surface area contributed by atoms with Gasteiger partial charge in [0.15, 0.2) is 0 Å². The maximum Gasteiger partial charge on any atom is 0.135 e. The summed E-state index contributed by atoms with van der Waals surface area (Å²) in [6, 6.07) is 18.8. The molecule has 24 heavy (non-hydrogen) atoms. The first kappa shape index (κ1) is 16.0. The molecule has 0 aromatic heterocycles. The fraction of sp³-hybridized carbons (Fsp3) is 0.333. The van der Waals surface area contributed by atoms with Gasteiger partial charge < -0.3 is 4.74 Å². The van der Waals surface area contributed by atoms with E-state index in [1.54, 1.807) is 0 Å². The fourth-order valence-electron chi connectivity index (χ4n) is 3.27. The normalized spacial score (nSPS) is 24.5. The Bertz CT molecular complexity index is 718. The predicted octanol–water partition coefficient (Wildman–Crippen LogP) is 3.88. The summed E-state index contributed by atoms with van der Waals surface area (Å²) < 4.78 is 6.72. The first-order valence-corrected chi connectivity index (χ1v) is 9.24. The van der Waals surface area contributed by atoms with E-state index in [4.69, 9.17) is 4.74 Å². The van der Waals surface area contributed by atoms with E-state index in [9.17, 15) is 0 Å². The SMILES string of the molecule is Ic1ccccc1N1N=N[C@@H](c2ccccc2)[C@@H]1N1CCOCC1. The Labute approximate surface area is 155 Å². The molecule has 4 rings (SSSR count). The van der Waals surface area contributed by atoms with Crippen LogP contribution in [0, 0.1) is 3.57 Å². The maximum absolute atomic E-state index is 5.54. The second-order valence-corrected chi connectivity index (χ2v) is 7.08. The van der Waals surface area contributed by atoms with Crippen molar-refractivity contribution < 1.29 is 4.74 Å². The van der Waals surface area contributed by atoms with Crippen molar-refractivity contribution in [3.8, 4) is 0 Å². The van der Waals surface area contributed by atoms with E-state index in [2.05, 4.69) is 91.4 Å². The van der Waals surface area contributed by atoms with Crippen molar-refractivity contribution in [3.05, 3.63) is 63.7 Å². The number of ether oxygens (including phenoxy) is 1. The highest BCUT2D eigenvalue weighted by atomic mass is 127. The van der Waals surface area contributed by atoms with Gasteiger partial charge in [-0.3, -0.25) is 4.90 Å². The molecule has 0 radical (unpaired) electrons. The quantitative estimate of drug-likeness (QED) is 0.689. The molecule has 5 nitrogen and oxygen atoms in total. The first-order valence-electron chi connectivity index (χ1n) is 8.16. The predicted molar refractivity (Wildman–Crippen MR) is 102 cm³/mol. The number of benzene rings is 2. The summed E-state index contributed by atoms with van der Waals surface area (Å²) in [6.07, 6.45) is 0.0900. The Kier molecular flexibility index (Phi) is 4.77. The minimum atomic E-state index is 0.0142. The van der Waals surface area contributed by atoms with Crippen LogP contribution in [0.5, 0.6) is 0 Å². The first-order chi connectivity index (χ1) is 11.8. The van der Waals surface area contributed by atoms with Gasteiger partial charge in [-0.15, -0.1) is 0 Å². The van der Waals surface area contributed by atoms with Crippen LogP contribution in [0.2, 0.25) is 0 Å². The van der Waals surface area contributed by atoms with Crippen molar-refractivity contribution in [2.24, 2.45) is 10.3 Å². The highest BCUT2D eigenvalue weighted by molar-refractivity contribution is 14.1. The van der Waals surface area contributed by atoms with Crippen molar-refractivity contribution in [2.75, 3.05) is 31.3 Å². The van der Waals surface area contributed by atoms with Gasteiger partial charge in [-0.1, -0.05) is 47.7 Å². The van der Waals surface area contributed by atoms with Crippen molar-refractivity contribution in [1.29, 1.82) is 0 Å². The lowest BCUT2D eigenvalue weighted by atomic mass is 10.0. The molecule has 2 aromatic rings. The van der Waals surface area contributed by atoms with Crippen molar-refractivity contribution in [3.63, 3.8) is 0 Å². The Hall–Kier alpha value is -1.51. The number of hydrogen-bond acceptors (Lipinski definition) is 5. The van der Waals surface area contributed by atoms with Gasteiger partial charge in [0.25, 0.3) is 0 Å². The van der Waals surface area contributed by atoms with Crippen LogP contribution in [0.3, 0.4) is 0 Å². The summed E-state index contributed by atoms with van der Waals surface area (Å²) in [4.78, 5) is 2.43. The standard InChI is InChI=1S/C18H19IN4O/c19-15-8-4-5-9-16(15)23-18(22-10-12-24-13-11-22)17(20-21-23)14-6-2-1-3-7-14/h1-9,17-18H,10-13H2/t17-,18+/m0/s1. The molecule has 0 aliphatic carbocycles. The average molecular weight is 434 g/mol. The van der Waals surface area contributed by atoms with Crippen LogP contribution >= 0.6 is 22.6 Å². The van der Waals surface area contributed by atoms with E-state index in [-0.39, 0.29) is 12.2 Å². The van der Waals surface area contributed by atoms with Gasteiger partial charge in [0.05, 0.1) is 18.9 Å². The van der Waals surface area contributed by atoms with Gasteiger partial charge in [-0.05, 0) is 40.3 Å².